The number of aromatic carboxylic acids is 1. The third-order valence-corrected chi connectivity index (χ3v) is 19.5. The van der Waals surface area contributed by atoms with Gasteiger partial charge in [0.25, 0.3) is 11.8 Å². The molecule has 1 aliphatic heterocycles. The molecule has 2 amide bonds. The number of aryl methyl sites for hydroxylation is 8. The number of benzene rings is 4. The number of aromatic nitrogens is 12. The molecule has 12 aromatic rings. The van der Waals surface area contributed by atoms with E-state index >= 15 is 0 Å². The minimum Gasteiger partial charge on any atom is -0.870 e. The standard InChI is InChI=1S/C23H28N4O5.C18H20N4O3.C17H17N3O3.C16H15N3O3.C4H8O.C2H7NO.CH3F.CH4O.ClH.Na.H2O/c1-12-18(13(2)32-25-12)15-10-16(21(28)26(6)30-7)19-17(11-15)27(20(24-19)14-8-9-14)22(29)31-23(3,4)5;1-9-15(10(2)25-21-9)12-7-13(18(23)22(3)24-4)16-14(8-12)19-17(20-16)11-5-6-11;1-8-14(9(2)23-20-8)11-6-12(17(21)22-3)15-13(7-11)18-16(19-15)10-4-5-10;1-7-13(8(2)22-19-7)10-5-11(16(20)21)14-12(6-10)17-15(18-14)9-3-4-9;1-2-4-5-3-1;1-3-4-2;2*1-2;;;/h10-11,14H,8-9H2,1-7H3;7-8,11H,5-6H2,1-4H3,(H,19,20);6-7,10H,4-5H2,1-3H3,(H,18,19);5-6,9H,3-4H2,1-2H3,(H,17,18)(H,20,21);1-4H2;3H,1-2H3;1H3;2H,1H3;1H;;1H2/q;;;;;;;;;+1;/p-1/i;;;;;;1D;;;;. The van der Waals surface area contributed by atoms with Crippen LogP contribution in [0.1, 0.15) is 221 Å². The molecule has 5 fully saturated rings. The Labute approximate surface area is 710 Å². The fourth-order valence-electron chi connectivity index (χ4n) is 13.3. The maximum Gasteiger partial charge on any atom is 1.00 e. The molecule has 36 heteroatoms. The molecule has 0 spiro atoms. The number of methoxy groups -OCH3 is 1. The van der Waals surface area contributed by atoms with Gasteiger partial charge in [-0.05, 0) is 211 Å². The van der Waals surface area contributed by atoms with Crippen LogP contribution in [0.4, 0.5) is 9.18 Å². The number of fused-ring (bicyclic) bond motifs is 4. The number of hydrogen-bond donors (Lipinski definition) is 6. The Bertz CT molecular complexity index is 5420. The Morgan fingerprint density at radius 2 is 0.864 bits per heavy atom. The number of carboxylic acids is 1. The van der Waals surface area contributed by atoms with E-state index in [2.05, 4.69) is 60.8 Å². The van der Waals surface area contributed by atoms with Crippen LogP contribution in [0.5, 0.6) is 0 Å². The average molecular weight is 1670 g/mol. The molecule has 0 unspecified atom stereocenters. The van der Waals surface area contributed by atoms with Crippen molar-refractivity contribution in [1.29, 1.82) is 0 Å². The van der Waals surface area contributed by atoms with Crippen LogP contribution in [-0.2, 0) is 28.7 Å². The number of aromatic amines is 3. The number of carbonyl (C=O) groups excluding carboxylic acids is 4. The first-order chi connectivity index (χ1) is 55.5. The number of rotatable bonds is 15. The second kappa shape index (κ2) is 41.5. The van der Waals surface area contributed by atoms with Gasteiger partial charge in [-0.1, -0.05) is 20.6 Å². The topological polar surface area (TPSA) is 438 Å². The molecule has 4 saturated carbocycles. The summed E-state index contributed by atoms with van der Waals surface area (Å²) in [7, 11) is 10.7. The van der Waals surface area contributed by atoms with Crippen molar-refractivity contribution >= 4 is 86.4 Å². The molecule has 7 N–H and O–H groups in total. The summed E-state index contributed by atoms with van der Waals surface area (Å²) in [4.78, 5) is 106. The van der Waals surface area contributed by atoms with Gasteiger partial charge in [0, 0.05) is 87.4 Å². The number of amides is 2. The van der Waals surface area contributed by atoms with E-state index in [-0.39, 0.29) is 70.7 Å². The Morgan fingerprint density at radius 3 is 1.15 bits per heavy atom. The number of ether oxygens (including phenoxy) is 3. The van der Waals surface area contributed by atoms with Gasteiger partial charge in [0.1, 0.15) is 74.0 Å². The Morgan fingerprint density at radius 1 is 0.542 bits per heavy atom. The first-order valence-corrected chi connectivity index (χ1v) is 37.6. The Hall–Kier alpha value is -10.1. The summed E-state index contributed by atoms with van der Waals surface area (Å²) in [5.41, 5.74) is 18.1. The maximum absolute atomic E-state index is 13.2. The number of alkyl halides is 1. The van der Waals surface area contributed by atoms with Gasteiger partial charge in [0.15, 0.2) is 0 Å². The zero-order valence-electron chi connectivity index (χ0n) is 71.3. The number of imidazole rings is 4. The van der Waals surface area contributed by atoms with Crippen molar-refractivity contribution in [1.82, 2.24) is 75.7 Å². The van der Waals surface area contributed by atoms with E-state index in [0.29, 0.717) is 90.6 Å². The number of H-pyrrole nitrogens is 3. The van der Waals surface area contributed by atoms with Crippen LogP contribution in [-0.4, -0.2) is 198 Å². The zero-order valence-corrected chi connectivity index (χ0v) is 73.1. The molecule has 4 aromatic carbocycles. The molecule has 0 atom stereocenters. The summed E-state index contributed by atoms with van der Waals surface area (Å²) in [5, 5.41) is 34.8. The van der Waals surface area contributed by atoms with Gasteiger partial charge in [-0.3, -0.25) is 23.7 Å². The van der Waals surface area contributed by atoms with E-state index < -0.39 is 30.8 Å². The SMILES string of the molecule is C1CCOC1.CNOC.CO.COC(=O)c1cc(-c2c(C)noc2C)cc2[nH]c(C3CC3)nc12.CON(C)C(=O)c1cc(-c2c(C)noc2C)cc2[nH]c(C3CC3)nc12.CON(C)C(=O)c1cc(-c2c(C)noc2C)cc2c1nc(C1CC1)n2C(=O)OC(C)(C)C.Cc1noc(C)c1-c1cc(C(=O)O)c2nc(C3CC3)[nH]c2c1.Cl.[2H]CF.[Na+].[OH-]. The zero-order chi connectivity index (χ0) is 84.3. The number of nitrogens with zero attached hydrogens (tertiary/aromatic N) is 11. The van der Waals surface area contributed by atoms with Crippen molar-refractivity contribution in [2.24, 2.45) is 0 Å². The van der Waals surface area contributed by atoms with Crippen molar-refractivity contribution < 1.29 is 122 Å². The van der Waals surface area contributed by atoms with Crippen LogP contribution >= 0.6 is 12.4 Å². The van der Waals surface area contributed by atoms with Crippen molar-refractivity contribution in [2.75, 3.05) is 77.1 Å². The van der Waals surface area contributed by atoms with E-state index in [4.69, 9.17) is 53.4 Å². The van der Waals surface area contributed by atoms with Crippen LogP contribution in [0.15, 0.2) is 66.6 Å². The van der Waals surface area contributed by atoms with Crippen molar-refractivity contribution in [3.63, 3.8) is 0 Å². The van der Waals surface area contributed by atoms with E-state index in [1.807, 2.05) is 106 Å². The number of carboxylic acid groups (broad SMARTS) is 1. The summed E-state index contributed by atoms with van der Waals surface area (Å²) < 4.78 is 53.6. The van der Waals surface area contributed by atoms with E-state index in [1.165, 1.54) is 50.8 Å². The second-order valence-corrected chi connectivity index (χ2v) is 29.2. The fourth-order valence-corrected chi connectivity index (χ4v) is 13.3. The Kier molecular flexibility index (Phi) is 32.9. The van der Waals surface area contributed by atoms with Crippen LogP contribution in [0, 0.1) is 55.4 Å². The summed E-state index contributed by atoms with van der Waals surface area (Å²) in [6, 6.07) is 14.8. The van der Waals surface area contributed by atoms with Gasteiger partial charge in [0.2, 0.25) is 0 Å². The van der Waals surface area contributed by atoms with E-state index in [9.17, 15) is 33.5 Å². The molecule has 1 saturated heterocycles. The predicted octanol–water partition coefficient (Wildman–Crippen LogP) is 12.9. The number of aliphatic hydroxyl groups is 1. The molecular formula is C82H104ClFN15NaO18. The summed E-state index contributed by atoms with van der Waals surface area (Å²) in [6.45, 7) is 22.3. The van der Waals surface area contributed by atoms with Gasteiger partial charge in [-0.25, -0.2) is 54.5 Å². The van der Waals surface area contributed by atoms with E-state index in [1.54, 1.807) is 39.4 Å². The molecule has 118 heavy (non-hydrogen) atoms. The molecule has 9 heterocycles. The summed E-state index contributed by atoms with van der Waals surface area (Å²) in [6.07, 6.45) is 10.7. The van der Waals surface area contributed by atoms with Crippen molar-refractivity contribution in [3.8, 4) is 44.5 Å². The number of nitrogens with one attached hydrogen (secondary N) is 4. The second-order valence-electron chi connectivity index (χ2n) is 29.2. The number of esters is 1. The number of hydrogen-bond acceptors (Lipinski definition) is 26. The minimum atomic E-state index is -1.00. The van der Waals surface area contributed by atoms with Gasteiger partial charge in [0.05, 0.1) is 104 Å². The number of aliphatic hydroxyl groups excluding tert-OH is 1. The van der Waals surface area contributed by atoms with Crippen molar-refractivity contribution in [3.05, 3.63) is 140 Å². The third-order valence-electron chi connectivity index (χ3n) is 19.5. The number of carbonyl (C=O) groups is 5. The molecule has 4 aliphatic carbocycles. The first-order valence-electron chi connectivity index (χ1n) is 38.3. The predicted molar refractivity (Wildman–Crippen MR) is 434 cm³/mol. The number of halogens is 2. The molecule has 0 bridgehead atoms. The molecular weight excluding hydrogens is 1560 g/mol. The van der Waals surface area contributed by atoms with Gasteiger partial charge in [-0.2, -0.15) is 0 Å². The number of hydroxylamine groups is 5. The van der Waals surface area contributed by atoms with Gasteiger partial charge in [-0.15, -0.1) is 12.4 Å². The molecule has 33 nitrogen and oxygen atoms in total. The first kappa shape index (κ1) is 93.4. The Balaban J connectivity index is 0.000000207. The largest absolute Gasteiger partial charge is 1.00 e. The van der Waals surface area contributed by atoms with E-state index in [0.717, 1.165) is 178 Å². The molecule has 8 aromatic heterocycles. The fraction of sp³-hybridized carbons (Fsp3) is 0.451. The third kappa shape index (κ3) is 21.9. The normalized spacial score (nSPS) is 13.9. The van der Waals surface area contributed by atoms with Gasteiger partial charge >= 0.3 is 47.6 Å². The summed E-state index contributed by atoms with van der Waals surface area (Å²) >= 11 is 0. The monoisotopic (exact) mass is 1660 g/mol. The maximum atomic E-state index is 13.2. The van der Waals surface area contributed by atoms with Crippen LogP contribution in [0.2, 0.25) is 0 Å². The van der Waals surface area contributed by atoms with Crippen LogP contribution in [0.25, 0.3) is 88.6 Å². The van der Waals surface area contributed by atoms with Crippen LogP contribution in [0.3, 0.4) is 0 Å². The summed E-state index contributed by atoms with van der Waals surface area (Å²) in [5.74, 6) is 5.68. The minimum absolute atomic E-state index is 0. The molecule has 630 valence electrons. The smallest absolute Gasteiger partial charge is 0.870 e. The van der Waals surface area contributed by atoms with Crippen LogP contribution < -0.4 is 35.0 Å². The van der Waals surface area contributed by atoms with Crippen molar-refractivity contribution in [2.45, 2.75) is 170 Å². The quantitative estimate of drug-likeness (QED) is 0.0315. The average Bonchev–Trinajstić information content (AvgIpc) is 1.59. The molecule has 0 radical (unpaired) electrons. The van der Waals surface area contributed by atoms with Gasteiger partial charge < -0.3 is 67.8 Å². The molecule has 17 rings (SSSR count). The molecule has 5 aliphatic rings.